The van der Waals surface area contributed by atoms with Crippen LogP contribution in [0.5, 0.6) is 0 Å². The van der Waals surface area contributed by atoms with E-state index in [1.807, 2.05) is 30.3 Å². The first-order valence-corrected chi connectivity index (χ1v) is 4.42. The normalized spacial score (nSPS) is 8.53. The Balaban J connectivity index is 0.000000162. The molecule has 0 aromatic heterocycles. The molecule has 0 saturated carbocycles. The molecule has 2 heteroatoms. The van der Waals surface area contributed by atoms with Crippen LogP contribution in [0.2, 0.25) is 0 Å². The average Bonchev–Trinajstić information content (AvgIpc) is 2.33. The van der Waals surface area contributed by atoms with Crippen LogP contribution in [0.4, 0.5) is 0 Å². The summed E-state index contributed by atoms with van der Waals surface area (Å²) in [5.41, 5.74) is 0.206. The van der Waals surface area contributed by atoms with Gasteiger partial charge in [0.2, 0.25) is 0 Å². The predicted octanol–water partition coefficient (Wildman–Crippen LogP) is 2.67. The first-order chi connectivity index (χ1) is 7.30. The number of aromatic carboxylic acids is 1. The molecule has 0 spiro atoms. The molecule has 0 aliphatic heterocycles. The molecule has 0 amide bonds. The quantitative estimate of drug-likeness (QED) is 0.764. The van der Waals surface area contributed by atoms with E-state index in [9.17, 15) is 4.79 Å². The number of carboxylic acid groups (broad SMARTS) is 1. The van der Waals surface area contributed by atoms with Crippen LogP contribution >= 0.6 is 0 Å². The van der Waals surface area contributed by atoms with Crippen LogP contribution in [-0.4, -0.2) is 11.1 Å². The number of hydrogen-bond acceptors (Lipinski definition) is 1. The predicted molar refractivity (Wildman–Crippen MR) is 57.5 cm³/mol. The molecule has 2 aromatic rings. The van der Waals surface area contributed by atoms with Crippen LogP contribution in [0.25, 0.3) is 0 Å². The van der Waals surface area contributed by atoms with Gasteiger partial charge in [0.25, 0.3) is 0 Å². The monoisotopic (exact) mass is 198 g/mol. The Bertz CT molecular complexity index is 355. The summed E-state index contributed by atoms with van der Waals surface area (Å²) in [5, 5.41) is 8.35. The van der Waals surface area contributed by atoms with Gasteiger partial charge >= 0.3 is 5.97 Å². The van der Waals surface area contributed by atoms with Crippen LogP contribution in [0.15, 0.2) is 54.6 Å². The van der Waals surface area contributed by atoms with Gasteiger partial charge in [-0.05, 0) is 18.2 Å². The average molecular weight is 198 g/mol. The van der Waals surface area contributed by atoms with Crippen LogP contribution in [-0.2, 0) is 0 Å². The number of benzene rings is 2. The molecule has 0 atom stereocenters. The fraction of sp³-hybridized carbons (Fsp3) is 0. The number of carbonyl (C=O) groups is 1. The summed E-state index contributed by atoms with van der Waals surface area (Å²) in [5.74, 6) is -0.935. The molecule has 0 saturated heterocycles. The van der Waals surface area contributed by atoms with E-state index in [1.165, 1.54) is 6.07 Å². The van der Waals surface area contributed by atoms with Crippen molar-refractivity contribution in [3.8, 4) is 0 Å². The van der Waals surface area contributed by atoms with Gasteiger partial charge in [-0.2, -0.15) is 0 Å². The third-order valence-electron chi connectivity index (χ3n) is 1.55. The highest BCUT2D eigenvalue weighted by Crippen LogP contribution is 1.95. The van der Waals surface area contributed by atoms with Crippen LogP contribution in [0.3, 0.4) is 0 Å². The van der Waals surface area contributed by atoms with E-state index in [-0.39, 0.29) is 5.56 Å². The molecule has 0 heterocycles. The van der Waals surface area contributed by atoms with Crippen molar-refractivity contribution in [1.29, 1.82) is 0 Å². The van der Waals surface area contributed by atoms with Crippen molar-refractivity contribution < 1.29 is 9.90 Å². The van der Waals surface area contributed by atoms with Crippen LogP contribution in [0.1, 0.15) is 10.4 Å². The lowest BCUT2D eigenvalue weighted by molar-refractivity contribution is 0.0696. The van der Waals surface area contributed by atoms with Crippen molar-refractivity contribution in [2.24, 2.45) is 0 Å². The second-order valence-electron chi connectivity index (χ2n) is 2.66. The van der Waals surface area contributed by atoms with Gasteiger partial charge in [-0.25, -0.2) is 4.79 Å². The molecule has 0 bridgehead atoms. The van der Waals surface area contributed by atoms with Gasteiger partial charge in [-0.3, -0.25) is 0 Å². The first kappa shape index (κ1) is 11.0. The lowest BCUT2D eigenvalue weighted by atomic mass is 10.2. The SMILES string of the molecule is O=C(O)c1[c]cccc1.[c]1ccccc1. The Hall–Kier alpha value is -2.09. The van der Waals surface area contributed by atoms with Gasteiger partial charge in [0.05, 0.1) is 5.56 Å². The van der Waals surface area contributed by atoms with Crippen molar-refractivity contribution >= 4 is 5.97 Å². The third kappa shape index (κ3) is 4.62. The van der Waals surface area contributed by atoms with E-state index in [4.69, 9.17) is 5.11 Å². The highest BCUT2D eigenvalue weighted by atomic mass is 16.4. The number of hydrogen-bond donors (Lipinski definition) is 1. The van der Waals surface area contributed by atoms with Crippen molar-refractivity contribution in [1.82, 2.24) is 0 Å². The fourth-order valence-corrected chi connectivity index (χ4v) is 0.868. The Kier molecular flexibility index (Phi) is 4.67. The summed E-state index contributed by atoms with van der Waals surface area (Å²) < 4.78 is 0. The van der Waals surface area contributed by atoms with Crippen LogP contribution < -0.4 is 0 Å². The van der Waals surface area contributed by atoms with Gasteiger partial charge in [0, 0.05) is 0 Å². The molecule has 1 N–H and O–H groups in total. The summed E-state index contributed by atoms with van der Waals surface area (Å²) in [4.78, 5) is 10.2. The smallest absolute Gasteiger partial charge is 0.336 e. The minimum atomic E-state index is -0.935. The molecule has 0 aliphatic carbocycles. The molecular formula is C13H10O2. The zero-order valence-corrected chi connectivity index (χ0v) is 8.05. The van der Waals surface area contributed by atoms with E-state index < -0.39 is 5.97 Å². The first-order valence-electron chi connectivity index (χ1n) is 4.42. The van der Waals surface area contributed by atoms with Gasteiger partial charge in [0.1, 0.15) is 0 Å². The van der Waals surface area contributed by atoms with Crippen molar-refractivity contribution in [3.05, 3.63) is 72.3 Å². The largest absolute Gasteiger partial charge is 0.478 e. The molecule has 2 nitrogen and oxygen atoms in total. The summed E-state index contributed by atoms with van der Waals surface area (Å²) in [7, 11) is 0. The Morgan fingerprint density at radius 2 is 1.67 bits per heavy atom. The fourth-order valence-electron chi connectivity index (χ4n) is 0.868. The molecule has 0 unspecified atom stereocenters. The third-order valence-corrected chi connectivity index (χ3v) is 1.55. The zero-order chi connectivity index (χ0) is 10.9. The number of rotatable bonds is 1. The molecule has 2 aromatic carbocycles. The maximum absolute atomic E-state index is 10.2. The summed E-state index contributed by atoms with van der Waals surface area (Å²) in [6.07, 6.45) is 0. The van der Waals surface area contributed by atoms with E-state index in [0.717, 1.165) is 0 Å². The Morgan fingerprint density at radius 1 is 1.00 bits per heavy atom. The summed E-state index contributed by atoms with van der Waals surface area (Å²) in [6.45, 7) is 0. The summed E-state index contributed by atoms with van der Waals surface area (Å²) in [6, 6.07) is 21.5. The molecule has 0 aliphatic rings. The minimum Gasteiger partial charge on any atom is -0.478 e. The van der Waals surface area contributed by atoms with Gasteiger partial charge < -0.3 is 5.11 Å². The maximum atomic E-state index is 10.2. The minimum absolute atomic E-state index is 0.206. The van der Waals surface area contributed by atoms with Crippen molar-refractivity contribution in [2.75, 3.05) is 0 Å². The van der Waals surface area contributed by atoms with E-state index in [2.05, 4.69) is 12.1 Å². The van der Waals surface area contributed by atoms with Gasteiger partial charge in [0.15, 0.2) is 0 Å². The van der Waals surface area contributed by atoms with Gasteiger partial charge in [-0.15, -0.1) is 0 Å². The second kappa shape index (κ2) is 6.38. The van der Waals surface area contributed by atoms with E-state index in [1.54, 1.807) is 18.2 Å². The lowest BCUT2D eigenvalue weighted by Crippen LogP contribution is -1.94. The Morgan fingerprint density at radius 3 is 1.93 bits per heavy atom. The highest BCUT2D eigenvalue weighted by Gasteiger charge is 1.97. The molecular weight excluding hydrogens is 188 g/mol. The van der Waals surface area contributed by atoms with E-state index >= 15 is 0 Å². The molecule has 74 valence electrons. The molecule has 2 rings (SSSR count). The Labute approximate surface area is 88.8 Å². The molecule has 15 heavy (non-hydrogen) atoms. The standard InChI is InChI=1S/C7H5O2.C6H5/c8-7(9)6-4-2-1-3-5-6;1-2-4-6-5-3-1/h1-4H,(H,8,9);1-5H. The van der Waals surface area contributed by atoms with Gasteiger partial charge in [-0.1, -0.05) is 48.5 Å². The maximum Gasteiger partial charge on any atom is 0.336 e. The zero-order valence-electron chi connectivity index (χ0n) is 8.05. The molecule has 0 fully saturated rings. The topological polar surface area (TPSA) is 37.3 Å². The van der Waals surface area contributed by atoms with E-state index in [0.29, 0.717) is 0 Å². The van der Waals surface area contributed by atoms with Crippen molar-refractivity contribution in [2.45, 2.75) is 0 Å². The van der Waals surface area contributed by atoms with Crippen molar-refractivity contribution in [3.63, 3.8) is 0 Å². The molecule has 2 radical (unpaired) electrons. The summed E-state index contributed by atoms with van der Waals surface area (Å²) >= 11 is 0. The van der Waals surface area contributed by atoms with Crippen LogP contribution in [0, 0.1) is 12.1 Å². The highest BCUT2D eigenvalue weighted by molar-refractivity contribution is 5.87. The number of carboxylic acids is 1. The lowest BCUT2D eigenvalue weighted by Gasteiger charge is -1.87. The second-order valence-corrected chi connectivity index (χ2v) is 2.66.